The van der Waals surface area contributed by atoms with Crippen LogP contribution >= 0.6 is 0 Å². The average Bonchev–Trinajstić information content (AvgIpc) is 2.30. The monoisotopic (exact) mass is 235 g/mol. The molecular formula is C14H21NO2. The average molecular weight is 235 g/mol. The van der Waals surface area contributed by atoms with E-state index in [1.165, 1.54) is 5.56 Å². The van der Waals surface area contributed by atoms with Gasteiger partial charge in [-0.25, -0.2) is 0 Å². The number of aliphatic hydroxyl groups is 1. The molecule has 2 rings (SSSR count). The molecule has 3 nitrogen and oxygen atoms in total. The van der Waals surface area contributed by atoms with Crippen molar-refractivity contribution in [2.75, 3.05) is 7.05 Å². The van der Waals surface area contributed by atoms with Crippen LogP contribution in [0.5, 0.6) is 5.75 Å². The number of hydrogen-bond donors (Lipinski definition) is 2. The Hall–Kier alpha value is -1.06. The zero-order valence-corrected chi connectivity index (χ0v) is 10.9. The number of aryl methyl sites for hydroxylation is 1. The maximum absolute atomic E-state index is 10.3. The second-order valence-electron chi connectivity index (χ2n) is 5.14. The van der Waals surface area contributed by atoms with E-state index < -0.39 is 11.7 Å². The van der Waals surface area contributed by atoms with Crippen LogP contribution < -0.4 is 10.1 Å². The highest BCUT2D eigenvalue weighted by Gasteiger charge is 2.42. The summed E-state index contributed by atoms with van der Waals surface area (Å²) in [6, 6.07) is 6.14. The number of aliphatic hydroxyl groups excluding tert-OH is 1. The zero-order valence-electron chi connectivity index (χ0n) is 10.9. The fraction of sp³-hybridized carbons (Fsp3) is 0.571. The zero-order chi connectivity index (χ0) is 12.6. The van der Waals surface area contributed by atoms with Crippen LogP contribution in [0, 0.1) is 0 Å². The summed E-state index contributed by atoms with van der Waals surface area (Å²) >= 11 is 0. The Balaban J connectivity index is 2.49. The number of ether oxygens (including phenoxy) is 1. The lowest BCUT2D eigenvalue weighted by Crippen LogP contribution is -2.52. The van der Waals surface area contributed by atoms with Gasteiger partial charge in [-0.1, -0.05) is 19.1 Å². The Morgan fingerprint density at radius 1 is 1.41 bits per heavy atom. The van der Waals surface area contributed by atoms with Gasteiger partial charge in [-0.05, 0) is 38.9 Å². The van der Waals surface area contributed by atoms with Gasteiger partial charge in [0.05, 0.1) is 6.04 Å². The topological polar surface area (TPSA) is 41.5 Å². The number of benzene rings is 1. The summed E-state index contributed by atoms with van der Waals surface area (Å²) in [5.74, 6) is 0.872. The third-order valence-electron chi connectivity index (χ3n) is 3.53. The molecule has 0 radical (unpaired) electrons. The van der Waals surface area contributed by atoms with E-state index in [4.69, 9.17) is 4.74 Å². The first kappa shape index (κ1) is 12.4. The van der Waals surface area contributed by atoms with Gasteiger partial charge in [0.1, 0.15) is 17.5 Å². The van der Waals surface area contributed by atoms with Crippen molar-refractivity contribution in [1.29, 1.82) is 0 Å². The molecule has 0 saturated carbocycles. The smallest absolute Gasteiger partial charge is 0.131 e. The predicted molar refractivity (Wildman–Crippen MR) is 68.3 cm³/mol. The van der Waals surface area contributed by atoms with Gasteiger partial charge >= 0.3 is 0 Å². The number of hydrogen-bond acceptors (Lipinski definition) is 3. The van der Waals surface area contributed by atoms with Crippen molar-refractivity contribution in [3.8, 4) is 5.75 Å². The van der Waals surface area contributed by atoms with E-state index in [-0.39, 0.29) is 6.04 Å². The lowest BCUT2D eigenvalue weighted by atomic mass is 9.86. The summed E-state index contributed by atoms with van der Waals surface area (Å²) < 4.78 is 5.87. The quantitative estimate of drug-likeness (QED) is 0.824. The molecule has 1 aromatic rings. The molecule has 0 aromatic heterocycles. The molecule has 94 valence electrons. The van der Waals surface area contributed by atoms with Gasteiger partial charge in [0, 0.05) is 5.56 Å². The van der Waals surface area contributed by atoms with Gasteiger partial charge in [0.2, 0.25) is 0 Å². The van der Waals surface area contributed by atoms with E-state index in [2.05, 4.69) is 24.4 Å². The van der Waals surface area contributed by atoms with E-state index in [0.717, 1.165) is 17.7 Å². The van der Waals surface area contributed by atoms with Crippen molar-refractivity contribution in [2.24, 2.45) is 0 Å². The lowest BCUT2D eigenvalue weighted by Gasteiger charge is -2.42. The molecule has 0 unspecified atom stereocenters. The molecule has 0 saturated heterocycles. The molecule has 0 aliphatic carbocycles. The van der Waals surface area contributed by atoms with Gasteiger partial charge in [-0.15, -0.1) is 0 Å². The Labute approximate surface area is 103 Å². The molecular weight excluding hydrogens is 214 g/mol. The van der Waals surface area contributed by atoms with Crippen LogP contribution in [0.3, 0.4) is 0 Å². The van der Waals surface area contributed by atoms with Crippen molar-refractivity contribution < 1.29 is 9.84 Å². The van der Waals surface area contributed by atoms with Crippen LogP contribution in [0.25, 0.3) is 0 Å². The molecule has 17 heavy (non-hydrogen) atoms. The standard InChI is InChI=1S/C14H21NO2/c1-5-9-6-7-11-10(8-9)12(15-4)13(16)14(2,3)17-11/h6-8,12-13,15-16H,5H2,1-4H3/t12-,13+/m1/s1. The molecule has 0 spiro atoms. The van der Waals surface area contributed by atoms with Crippen molar-refractivity contribution in [1.82, 2.24) is 5.32 Å². The highest BCUT2D eigenvalue weighted by Crippen LogP contribution is 2.39. The minimum atomic E-state index is -0.561. The van der Waals surface area contributed by atoms with Gasteiger partial charge in [0.15, 0.2) is 0 Å². The molecule has 0 fully saturated rings. The summed E-state index contributed by atoms with van der Waals surface area (Å²) in [7, 11) is 1.87. The molecule has 1 aliphatic heterocycles. The van der Waals surface area contributed by atoms with E-state index in [0.29, 0.717) is 0 Å². The van der Waals surface area contributed by atoms with Crippen molar-refractivity contribution in [3.05, 3.63) is 29.3 Å². The molecule has 1 aliphatic rings. The summed E-state index contributed by atoms with van der Waals surface area (Å²) in [6.45, 7) is 5.96. The molecule has 2 N–H and O–H groups in total. The van der Waals surface area contributed by atoms with E-state index >= 15 is 0 Å². The Morgan fingerprint density at radius 2 is 2.12 bits per heavy atom. The summed E-state index contributed by atoms with van der Waals surface area (Å²) in [5, 5.41) is 13.5. The first-order valence-corrected chi connectivity index (χ1v) is 6.16. The molecule has 1 heterocycles. The van der Waals surface area contributed by atoms with Crippen molar-refractivity contribution in [2.45, 2.75) is 44.9 Å². The molecule has 2 atom stereocenters. The van der Waals surface area contributed by atoms with Crippen LogP contribution in [-0.2, 0) is 6.42 Å². The first-order chi connectivity index (χ1) is 7.99. The van der Waals surface area contributed by atoms with E-state index in [1.807, 2.05) is 27.0 Å². The van der Waals surface area contributed by atoms with Crippen molar-refractivity contribution in [3.63, 3.8) is 0 Å². The summed E-state index contributed by atoms with van der Waals surface area (Å²) in [5.41, 5.74) is 1.76. The Kier molecular flexibility index (Phi) is 3.15. The number of rotatable bonds is 2. The second-order valence-corrected chi connectivity index (χ2v) is 5.14. The largest absolute Gasteiger partial charge is 0.485 e. The van der Waals surface area contributed by atoms with Crippen molar-refractivity contribution >= 4 is 0 Å². The minimum Gasteiger partial charge on any atom is -0.485 e. The minimum absolute atomic E-state index is 0.0692. The van der Waals surface area contributed by atoms with E-state index in [9.17, 15) is 5.11 Å². The third-order valence-corrected chi connectivity index (χ3v) is 3.53. The lowest BCUT2D eigenvalue weighted by molar-refractivity contribution is -0.0632. The summed E-state index contributed by atoms with van der Waals surface area (Å²) in [4.78, 5) is 0. The Bertz CT molecular complexity index is 415. The third kappa shape index (κ3) is 2.05. The molecule has 0 bridgehead atoms. The van der Waals surface area contributed by atoms with Crippen LogP contribution in [0.1, 0.15) is 37.9 Å². The molecule has 1 aromatic carbocycles. The maximum atomic E-state index is 10.3. The summed E-state index contributed by atoms with van der Waals surface area (Å²) in [6.07, 6.45) is 0.440. The highest BCUT2D eigenvalue weighted by molar-refractivity contribution is 5.43. The fourth-order valence-electron chi connectivity index (χ4n) is 2.38. The predicted octanol–water partition coefficient (Wildman–Crippen LogP) is 2.04. The highest BCUT2D eigenvalue weighted by atomic mass is 16.5. The second kappa shape index (κ2) is 4.31. The van der Waals surface area contributed by atoms with Crippen LogP contribution in [0.4, 0.5) is 0 Å². The first-order valence-electron chi connectivity index (χ1n) is 6.16. The SMILES string of the molecule is CCc1ccc2c(c1)[C@@H](NC)[C@H](O)C(C)(C)O2. The van der Waals surface area contributed by atoms with Crippen LogP contribution in [0.2, 0.25) is 0 Å². The van der Waals surface area contributed by atoms with Crippen LogP contribution in [-0.4, -0.2) is 23.9 Å². The molecule has 0 amide bonds. The normalized spacial score (nSPS) is 26.2. The maximum Gasteiger partial charge on any atom is 0.131 e. The molecule has 3 heteroatoms. The van der Waals surface area contributed by atoms with Gasteiger partial charge in [0.25, 0.3) is 0 Å². The number of likely N-dealkylation sites (N-methyl/N-ethyl adjacent to an activating group) is 1. The van der Waals surface area contributed by atoms with Gasteiger partial charge < -0.3 is 15.2 Å². The number of fused-ring (bicyclic) bond motifs is 1. The van der Waals surface area contributed by atoms with E-state index in [1.54, 1.807) is 0 Å². The van der Waals surface area contributed by atoms with Gasteiger partial charge in [-0.2, -0.15) is 0 Å². The van der Waals surface area contributed by atoms with Gasteiger partial charge in [-0.3, -0.25) is 0 Å². The fourth-order valence-corrected chi connectivity index (χ4v) is 2.38. The van der Waals surface area contributed by atoms with Crippen LogP contribution in [0.15, 0.2) is 18.2 Å². The Morgan fingerprint density at radius 3 is 2.71 bits per heavy atom. The number of nitrogens with one attached hydrogen (secondary N) is 1.